The van der Waals surface area contributed by atoms with E-state index in [9.17, 15) is 9.90 Å². The molecule has 1 heterocycles. The van der Waals surface area contributed by atoms with Crippen molar-refractivity contribution >= 4 is 17.3 Å². The molecule has 3 nitrogen and oxygen atoms in total. The van der Waals surface area contributed by atoms with Gasteiger partial charge in [0.1, 0.15) is 5.75 Å². The minimum Gasteiger partial charge on any atom is -0.496 e. The van der Waals surface area contributed by atoms with Gasteiger partial charge in [0, 0.05) is 10.4 Å². The number of carboxylic acids is 1. The highest BCUT2D eigenvalue weighted by Crippen LogP contribution is 2.30. The van der Waals surface area contributed by atoms with Gasteiger partial charge in [0.25, 0.3) is 0 Å². The number of benzene rings is 1. The van der Waals surface area contributed by atoms with Gasteiger partial charge in [-0.1, -0.05) is 24.3 Å². The highest BCUT2D eigenvalue weighted by atomic mass is 32.1. The van der Waals surface area contributed by atoms with Crippen molar-refractivity contribution in [3.05, 3.63) is 52.2 Å². The zero-order valence-electron chi connectivity index (χ0n) is 10.00. The summed E-state index contributed by atoms with van der Waals surface area (Å²) in [6, 6.07) is 11.2. The first kappa shape index (κ1) is 12.6. The summed E-state index contributed by atoms with van der Waals surface area (Å²) in [7, 11) is 1.56. The quantitative estimate of drug-likeness (QED) is 0.900. The molecule has 0 saturated carbocycles. The summed E-state index contributed by atoms with van der Waals surface area (Å²) in [4.78, 5) is 12.5. The lowest BCUT2D eigenvalue weighted by molar-refractivity contribution is -0.138. The van der Waals surface area contributed by atoms with Crippen LogP contribution in [0.4, 0.5) is 0 Å². The molecule has 4 heteroatoms. The van der Waals surface area contributed by atoms with E-state index in [2.05, 4.69) is 0 Å². The summed E-state index contributed by atoms with van der Waals surface area (Å²) in [6.45, 7) is 0. The lowest BCUT2D eigenvalue weighted by Crippen LogP contribution is -2.14. The molecular weight excluding hydrogens is 248 g/mol. The summed E-state index contributed by atoms with van der Waals surface area (Å²) in [6.07, 6.45) is 0.493. The van der Waals surface area contributed by atoms with Gasteiger partial charge >= 0.3 is 5.97 Å². The second-order valence-corrected chi connectivity index (χ2v) is 4.95. The van der Waals surface area contributed by atoms with Crippen LogP contribution < -0.4 is 4.74 Å². The van der Waals surface area contributed by atoms with E-state index in [0.29, 0.717) is 12.2 Å². The molecule has 18 heavy (non-hydrogen) atoms. The molecule has 0 aliphatic carbocycles. The number of thiophene rings is 1. The van der Waals surface area contributed by atoms with Crippen molar-refractivity contribution < 1.29 is 14.6 Å². The lowest BCUT2D eigenvalue weighted by Gasteiger charge is -2.15. The zero-order valence-corrected chi connectivity index (χ0v) is 10.8. The summed E-state index contributed by atoms with van der Waals surface area (Å²) < 4.78 is 5.24. The van der Waals surface area contributed by atoms with Crippen LogP contribution in [0.1, 0.15) is 16.4 Å². The maximum absolute atomic E-state index is 11.4. The Hall–Kier alpha value is -1.81. The Morgan fingerprint density at radius 1 is 1.33 bits per heavy atom. The predicted molar refractivity (Wildman–Crippen MR) is 71.4 cm³/mol. The molecule has 1 atom stereocenters. The number of hydrogen-bond acceptors (Lipinski definition) is 3. The summed E-state index contributed by atoms with van der Waals surface area (Å²) in [5.74, 6) is -0.769. The third-order valence-electron chi connectivity index (χ3n) is 2.80. The number of carboxylic acid groups (broad SMARTS) is 1. The monoisotopic (exact) mass is 262 g/mol. The number of para-hydroxylation sites is 1. The zero-order chi connectivity index (χ0) is 13.0. The predicted octanol–water partition coefficient (Wildman–Crippen LogP) is 3.17. The standard InChI is InChI=1S/C14H14O3S/c1-17-13-7-3-2-6-11(13)12(14(15)16)9-10-5-4-8-18-10/h2-8,12H,9H2,1H3,(H,15,16). The molecule has 1 aromatic carbocycles. The van der Waals surface area contributed by atoms with Crippen LogP contribution in [0.3, 0.4) is 0 Å². The van der Waals surface area contributed by atoms with Gasteiger partial charge in [-0.25, -0.2) is 0 Å². The van der Waals surface area contributed by atoms with E-state index in [4.69, 9.17) is 4.74 Å². The molecular formula is C14H14O3S. The Bertz CT molecular complexity index is 520. The second kappa shape index (κ2) is 5.69. The topological polar surface area (TPSA) is 46.5 Å². The third kappa shape index (κ3) is 2.71. The molecule has 94 valence electrons. The number of carbonyl (C=O) groups is 1. The van der Waals surface area contributed by atoms with Crippen molar-refractivity contribution in [3.8, 4) is 5.75 Å². The van der Waals surface area contributed by atoms with E-state index in [-0.39, 0.29) is 0 Å². The SMILES string of the molecule is COc1ccccc1C(Cc1cccs1)C(=O)O. The van der Waals surface area contributed by atoms with Crippen LogP contribution in [-0.2, 0) is 11.2 Å². The molecule has 0 spiro atoms. The molecule has 1 unspecified atom stereocenters. The van der Waals surface area contributed by atoms with Crippen LogP contribution in [0, 0.1) is 0 Å². The molecule has 1 N–H and O–H groups in total. The fourth-order valence-corrected chi connectivity index (χ4v) is 2.67. The van der Waals surface area contributed by atoms with Gasteiger partial charge in [-0.2, -0.15) is 0 Å². The molecule has 2 rings (SSSR count). The van der Waals surface area contributed by atoms with E-state index in [1.54, 1.807) is 24.5 Å². The molecule has 0 saturated heterocycles. The van der Waals surface area contributed by atoms with Crippen LogP contribution >= 0.6 is 11.3 Å². The Morgan fingerprint density at radius 3 is 2.72 bits per heavy atom. The normalized spacial score (nSPS) is 12.1. The highest BCUT2D eigenvalue weighted by molar-refractivity contribution is 7.09. The second-order valence-electron chi connectivity index (χ2n) is 3.92. The van der Waals surface area contributed by atoms with Gasteiger partial charge in [0.2, 0.25) is 0 Å². The first-order valence-electron chi connectivity index (χ1n) is 5.60. The van der Waals surface area contributed by atoms with Gasteiger partial charge in [0.05, 0.1) is 13.0 Å². The van der Waals surface area contributed by atoms with Gasteiger partial charge in [-0.15, -0.1) is 11.3 Å². The van der Waals surface area contributed by atoms with Crippen molar-refractivity contribution in [1.29, 1.82) is 0 Å². The van der Waals surface area contributed by atoms with Crippen LogP contribution in [0.2, 0.25) is 0 Å². The Morgan fingerprint density at radius 2 is 2.11 bits per heavy atom. The summed E-state index contributed by atoms with van der Waals surface area (Å²) >= 11 is 1.57. The Kier molecular flexibility index (Phi) is 3.99. The molecule has 0 aliphatic rings. The first-order valence-corrected chi connectivity index (χ1v) is 6.48. The van der Waals surface area contributed by atoms with E-state index in [1.807, 2.05) is 35.7 Å². The van der Waals surface area contributed by atoms with E-state index in [1.165, 1.54) is 0 Å². The lowest BCUT2D eigenvalue weighted by atomic mass is 9.94. The van der Waals surface area contributed by atoms with Crippen molar-refractivity contribution in [2.24, 2.45) is 0 Å². The number of ether oxygens (including phenoxy) is 1. The minimum absolute atomic E-state index is 0.493. The maximum Gasteiger partial charge on any atom is 0.311 e. The average molecular weight is 262 g/mol. The van der Waals surface area contributed by atoms with Crippen LogP contribution in [0.15, 0.2) is 41.8 Å². The largest absolute Gasteiger partial charge is 0.496 e. The molecule has 0 radical (unpaired) electrons. The van der Waals surface area contributed by atoms with Gasteiger partial charge in [0.15, 0.2) is 0 Å². The number of hydrogen-bond donors (Lipinski definition) is 1. The molecule has 0 fully saturated rings. The van der Waals surface area contributed by atoms with Crippen molar-refractivity contribution in [2.45, 2.75) is 12.3 Å². The molecule has 0 amide bonds. The molecule has 2 aromatic rings. The van der Waals surface area contributed by atoms with Crippen molar-refractivity contribution in [3.63, 3.8) is 0 Å². The maximum atomic E-state index is 11.4. The number of rotatable bonds is 5. The van der Waals surface area contributed by atoms with Crippen LogP contribution in [-0.4, -0.2) is 18.2 Å². The highest BCUT2D eigenvalue weighted by Gasteiger charge is 2.23. The van der Waals surface area contributed by atoms with Crippen LogP contribution in [0.5, 0.6) is 5.75 Å². The number of methoxy groups -OCH3 is 1. The van der Waals surface area contributed by atoms with E-state index >= 15 is 0 Å². The summed E-state index contributed by atoms with van der Waals surface area (Å²) in [5, 5.41) is 11.3. The van der Waals surface area contributed by atoms with Gasteiger partial charge < -0.3 is 9.84 Å². The van der Waals surface area contributed by atoms with E-state index in [0.717, 1.165) is 10.4 Å². The first-order chi connectivity index (χ1) is 8.72. The minimum atomic E-state index is -0.826. The molecule has 0 bridgehead atoms. The Balaban J connectivity index is 2.32. The summed E-state index contributed by atoms with van der Waals surface area (Å²) in [5.41, 5.74) is 0.723. The smallest absolute Gasteiger partial charge is 0.311 e. The van der Waals surface area contributed by atoms with Gasteiger partial charge in [-0.3, -0.25) is 4.79 Å². The fourth-order valence-electron chi connectivity index (χ4n) is 1.91. The third-order valence-corrected chi connectivity index (χ3v) is 3.70. The molecule has 1 aromatic heterocycles. The number of aliphatic carboxylic acids is 1. The van der Waals surface area contributed by atoms with Crippen molar-refractivity contribution in [1.82, 2.24) is 0 Å². The Labute approximate surface area is 110 Å². The van der Waals surface area contributed by atoms with Gasteiger partial charge in [-0.05, 0) is 23.9 Å². The van der Waals surface area contributed by atoms with E-state index < -0.39 is 11.9 Å². The molecule has 0 aliphatic heterocycles. The fraction of sp³-hybridized carbons (Fsp3) is 0.214. The van der Waals surface area contributed by atoms with Crippen molar-refractivity contribution in [2.75, 3.05) is 7.11 Å². The average Bonchev–Trinajstić information content (AvgIpc) is 2.88. The van der Waals surface area contributed by atoms with Crippen LogP contribution in [0.25, 0.3) is 0 Å².